The first kappa shape index (κ1) is 18.9. The van der Waals surface area contributed by atoms with Crippen LogP contribution < -0.4 is 9.47 Å². The van der Waals surface area contributed by atoms with Gasteiger partial charge in [-0.15, -0.1) is 0 Å². The maximum Gasteiger partial charge on any atom is 0.138 e. The van der Waals surface area contributed by atoms with Crippen molar-refractivity contribution in [1.29, 1.82) is 0 Å². The van der Waals surface area contributed by atoms with E-state index in [9.17, 15) is 4.39 Å². The molecule has 27 heavy (non-hydrogen) atoms. The Hall–Kier alpha value is -2.85. The second-order valence-corrected chi connectivity index (χ2v) is 6.16. The van der Waals surface area contributed by atoms with Gasteiger partial charge in [0.25, 0.3) is 0 Å². The van der Waals surface area contributed by atoms with Crippen molar-refractivity contribution in [3.63, 3.8) is 0 Å². The highest BCUT2D eigenvalue weighted by Crippen LogP contribution is 2.26. The second kappa shape index (κ2) is 9.19. The lowest BCUT2D eigenvalue weighted by molar-refractivity contribution is 0.300. The molecule has 0 unspecified atom stereocenters. The monoisotopic (exact) mass is 383 g/mol. The molecule has 0 saturated heterocycles. The Morgan fingerprint density at radius 3 is 2.48 bits per heavy atom. The molecule has 0 amide bonds. The molecular formula is C22H19ClFNO2. The number of aliphatic imine (C=N–C) groups is 1. The quantitative estimate of drug-likeness (QED) is 0.454. The molecule has 0 aliphatic rings. The van der Waals surface area contributed by atoms with E-state index in [1.54, 1.807) is 36.5 Å². The molecule has 3 nitrogen and oxygen atoms in total. The molecule has 0 bridgehead atoms. The summed E-state index contributed by atoms with van der Waals surface area (Å²) in [6.45, 7) is 2.69. The minimum atomic E-state index is -0.298. The van der Waals surface area contributed by atoms with E-state index in [0.29, 0.717) is 22.9 Å². The van der Waals surface area contributed by atoms with Gasteiger partial charge in [-0.25, -0.2) is 4.39 Å². The third-order valence-corrected chi connectivity index (χ3v) is 4.10. The summed E-state index contributed by atoms with van der Waals surface area (Å²) in [5.74, 6) is 1.02. The molecule has 138 valence electrons. The van der Waals surface area contributed by atoms with Crippen LogP contribution >= 0.6 is 11.6 Å². The molecule has 3 rings (SSSR count). The number of benzene rings is 3. The Morgan fingerprint density at radius 1 is 1.00 bits per heavy atom. The standard InChI is InChI=1S/C22H19ClFNO2/c1-2-26-19-10-8-18(9-11-19)25-14-16-7-12-22(20(23)13-16)27-15-17-5-3-4-6-21(17)24/h3-14H,2,15H2,1H3. The largest absolute Gasteiger partial charge is 0.494 e. The summed E-state index contributed by atoms with van der Waals surface area (Å²) < 4.78 is 24.7. The van der Waals surface area contributed by atoms with E-state index in [0.717, 1.165) is 17.0 Å². The van der Waals surface area contributed by atoms with Gasteiger partial charge in [0.05, 0.1) is 17.3 Å². The van der Waals surface area contributed by atoms with Gasteiger partial charge in [0.1, 0.15) is 23.9 Å². The van der Waals surface area contributed by atoms with E-state index in [4.69, 9.17) is 21.1 Å². The summed E-state index contributed by atoms with van der Waals surface area (Å²) in [6, 6.07) is 19.4. The molecule has 0 fully saturated rings. The molecule has 0 aliphatic heterocycles. The van der Waals surface area contributed by atoms with Crippen LogP contribution in [-0.4, -0.2) is 12.8 Å². The zero-order chi connectivity index (χ0) is 19.1. The average Bonchev–Trinajstić information content (AvgIpc) is 2.68. The van der Waals surface area contributed by atoms with Crippen molar-refractivity contribution in [3.8, 4) is 11.5 Å². The minimum absolute atomic E-state index is 0.117. The van der Waals surface area contributed by atoms with Gasteiger partial charge >= 0.3 is 0 Å². The summed E-state index contributed by atoms with van der Waals surface area (Å²) in [5.41, 5.74) is 2.14. The summed E-state index contributed by atoms with van der Waals surface area (Å²) in [4.78, 5) is 4.42. The van der Waals surface area contributed by atoms with Crippen LogP contribution in [0.3, 0.4) is 0 Å². The molecule has 0 aromatic heterocycles. The fourth-order valence-corrected chi connectivity index (χ4v) is 2.67. The van der Waals surface area contributed by atoms with Crippen LogP contribution in [0.5, 0.6) is 11.5 Å². The van der Waals surface area contributed by atoms with E-state index < -0.39 is 0 Å². The number of nitrogens with zero attached hydrogens (tertiary/aromatic N) is 1. The number of rotatable bonds is 7. The fraction of sp³-hybridized carbons (Fsp3) is 0.136. The van der Waals surface area contributed by atoms with Crippen LogP contribution in [0.25, 0.3) is 0 Å². The molecule has 0 atom stereocenters. The number of hydrogen-bond donors (Lipinski definition) is 0. The highest BCUT2D eigenvalue weighted by atomic mass is 35.5. The van der Waals surface area contributed by atoms with E-state index in [-0.39, 0.29) is 12.4 Å². The van der Waals surface area contributed by atoms with Gasteiger partial charge in [0.2, 0.25) is 0 Å². The average molecular weight is 384 g/mol. The Labute approximate surface area is 163 Å². The Kier molecular flexibility index (Phi) is 6.44. The molecule has 3 aromatic rings. The van der Waals surface area contributed by atoms with Crippen LogP contribution in [0.15, 0.2) is 71.7 Å². The maximum atomic E-state index is 13.6. The normalized spacial score (nSPS) is 10.9. The smallest absolute Gasteiger partial charge is 0.138 e. The fourth-order valence-electron chi connectivity index (χ4n) is 2.43. The molecule has 0 heterocycles. The van der Waals surface area contributed by atoms with Gasteiger partial charge in [0.15, 0.2) is 0 Å². The molecule has 3 aromatic carbocycles. The highest BCUT2D eigenvalue weighted by molar-refractivity contribution is 6.32. The predicted octanol–water partition coefficient (Wildman–Crippen LogP) is 6.21. The van der Waals surface area contributed by atoms with Crippen LogP contribution in [0.4, 0.5) is 10.1 Å². The van der Waals surface area contributed by atoms with E-state index in [1.807, 2.05) is 37.3 Å². The molecule has 0 radical (unpaired) electrons. The van der Waals surface area contributed by atoms with Gasteiger partial charge in [-0.1, -0.05) is 29.8 Å². The topological polar surface area (TPSA) is 30.8 Å². The molecule has 0 aliphatic carbocycles. The molecule has 5 heteroatoms. The van der Waals surface area contributed by atoms with Gasteiger partial charge in [-0.2, -0.15) is 0 Å². The molecule has 0 spiro atoms. The lowest BCUT2D eigenvalue weighted by Gasteiger charge is -2.09. The van der Waals surface area contributed by atoms with Gasteiger partial charge in [0, 0.05) is 11.8 Å². The van der Waals surface area contributed by atoms with E-state index in [1.165, 1.54) is 6.07 Å². The predicted molar refractivity (Wildman–Crippen MR) is 107 cm³/mol. The maximum absolute atomic E-state index is 13.6. The van der Waals surface area contributed by atoms with E-state index in [2.05, 4.69) is 4.99 Å². The van der Waals surface area contributed by atoms with Crippen molar-refractivity contribution in [3.05, 3.63) is 88.7 Å². The van der Waals surface area contributed by atoms with Crippen molar-refractivity contribution < 1.29 is 13.9 Å². The van der Waals surface area contributed by atoms with Crippen molar-refractivity contribution in [2.24, 2.45) is 4.99 Å². The van der Waals surface area contributed by atoms with E-state index >= 15 is 0 Å². The first-order valence-electron chi connectivity index (χ1n) is 8.58. The lowest BCUT2D eigenvalue weighted by atomic mass is 10.2. The minimum Gasteiger partial charge on any atom is -0.494 e. The Bertz CT molecular complexity index is 926. The van der Waals surface area contributed by atoms with Gasteiger partial charge in [-0.3, -0.25) is 4.99 Å². The van der Waals surface area contributed by atoms with Crippen LogP contribution in [0.1, 0.15) is 18.1 Å². The van der Waals surface area contributed by atoms with Crippen LogP contribution in [0.2, 0.25) is 5.02 Å². The summed E-state index contributed by atoms with van der Waals surface area (Å²) in [7, 11) is 0. The van der Waals surface area contributed by atoms with Gasteiger partial charge in [-0.05, 0) is 61.0 Å². The number of halogens is 2. The number of ether oxygens (including phenoxy) is 2. The Morgan fingerprint density at radius 2 is 1.78 bits per heavy atom. The van der Waals surface area contributed by atoms with Crippen LogP contribution in [-0.2, 0) is 6.61 Å². The van der Waals surface area contributed by atoms with Crippen molar-refractivity contribution in [2.45, 2.75) is 13.5 Å². The van der Waals surface area contributed by atoms with Crippen molar-refractivity contribution >= 4 is 23.5 Å². The van der Waals surface area contributed by atoms with Crippen molar-refractivity contribution in [1.82, 2.24) is 0 Å². The summed E-state index contributed by atoms with van der Waals surface area (Å²) >= 11 is 6.28. The third kappa shape index (κ3) is 5.31. The number of hydrogen-bond acceptors (Lipinski definition) is 3. The van der Waals surface area contributed by atoms with Crippen LogP contribution in [0, 0.1) is 5.82 Å². The SMILES string of the molecule is CCOc1ccc(N=Cc2ccc(OCc3ccccc3F)c(Cl)c2)cc1. The summed E-state index contributed by atoms with van der Waals surface area (Å²) in [5, 5.41) is 0.446. The zero-order valence-corrected chi connectivity index (χ0v) is 15.6. The first-order chi connectivity index (χ1) is 13.2. The third-order valence-electron chi connectivity index (χ3n) is 3.81. The molecule has 0 N–H and O–H groups in total. The van der Waals surface area contributed by atoms with Crippen molar-refractivity contribution in [2.75, 3.05) is 6.61 Å². The lowest BCUT2D eigenvalue weighted by Crippen LogP contribution is -1.99. The Balaban J connectivity index is 1.64. The molecule has 0 saturated carbocycles. The van der Waals surface area contributed by atoms with Gasteiger partial charge < -0.3 is 9.47 Å². The zero-order valence-electron chi connectivity index (χ0n) is 14.9. The first-order valence-corrected chi connectivity index (χ1v) is 8.96. The molecular weight excluding hydrogens is 365 g/mol. The highest BCUT2D eigenvalue weighted by Gasteiger charge is 2.05. The summed E-state index contributed by atoms with van der Waals surface area (Å²) in [6.07, 6.45) is 1.72. The second-order valence-electron chi connectivity index (χ2n) is 5.76.